The van der Waals surface area contributed by atoms with E-state index in [9.17, 15) is 0 Å². The first-order valence-electron chi connectivity index (χ1n) is 8.09. The number of rotatable bonds is 8. The van der Waals surface area contributed by atoms with Crippen LogP contribution >= 0.6 is 0 Å². The Morgan fingerprint density at radius 3 is 2.70 bits per heavy atom. The van der Waals surface area contributed by atoms with Gasteiger partial charge in [0.1, 0.15) is 5.82 Å². The molecule has 0 radical (unpaired) electrons. The number of hydrogen-bond donors (Lipinski definition) is 1. The van der Waals surface area contributed by atoms with Crippen molar-refractivity contribution < 1.29 is 0 Å². The molecule has 1 aromatic rings. The minimum Gasteiger partial charge on any atom is -0.357 e. The van der Waals surface area contributed by atoms with Crippen LogP contribution in [0.1, 0.15) is 51.3 Å². The Hall–Kier alpha value is -1.09. The van der Waals surface area contributed by atoms with Crippen molar-refractivity contribution in [1.29, 1.82) is 0 Å². The molecule has 1 aromatic heterocycles. The number of anilines is 1. The van der Waals surface area contributed by atoms with Crippen molar-refractivity contribution in [1.82, 2.24) is 10.3 Å². The molecule has 1 N–H and O–H groups in total. The third-order valence-electron chi connectivity index (χ3n) is 4.32. The van der Waals surface area contributed by atoms with E-state index < -0.39 is 0 Å². The van der Waals surface area contributed by atoms with Crippen LogP contribution in [0.3, 0.4) is 0 Å². The monoisotopic (exact) mass is 275 g/mol. The first kappa shape index (κ1) is 15.3. The third-order valence-corrected chi connectivity index (χ3v) is 4.32. The molecule has 1 aliphatic carbocycles. The molecule has 1 atom stereocenters. The van der Waals surface area contributed by atoms with Gasteiger partial charge in [-0.3, -0.25) is 0 Å². The summed E-state index contributed by atoms with van der Waals surface area (Å²) in [6.07, 6.45) is 4.94. The van der Waals surface area contributed by atoms with Gasteiger partial charge in [0.15, 0.2) is 0 Å². The van der Waals surface area contributed by atoms with E-state index in [0.29, 0.717) is 6.04 Å². The average Bonchev–Trinajstić information content (AvgIpc) is 3.30. The normalized spacial score (nSPS) is 16.2. The standard InChI is InChI=1S/C17H29N3/c1-5-9-18-12-14-10-16(6-2)19-17(11-14)20(4)13(3)15-7-8-15/h10-11,13,15,18H,5-9,12H2,1-4H3. The highest BCUT2D eigenvalue weighted by Crippen LogP contribution is 2.36. The van der Waals surface area contributed by atoms with E-state index >= 15 is 0 Å². The van der Waals surface area contributed by atoms with Gasteiger partial charge in [-0.2, -0.15) is 0 Å². The van der Waals surface area contributed by atoms with Crippen LogP contribution in [-0.2, 0) is 13.0 Å². The molecule has 0 saturated heterocycles. The number of aromatic nitrogens is 1. The quantitative estimate of drug-likeness (QED) is 0.737. The molecule has 0 aliphatic heterocycles. The first-order chi connectivity index (χ1) is 9.65. The van der Waals surface area contributed by atoms with E-state index in [1.165, 1.54) is 30.5 Å². The van der Waals surface area contributed by atoms with E-state index in [4.69, 9.17) is 4.98 Å². The zero-order valence-corrected chi connectivity index (χ0v) is 13.4. The van der Waals surface area contributed by atoms with Crippen LogP contribution < -0.4 is 10.2 Å². The van der Waals surface area contributed by atoms with Crippen LogP contribution in [0.5, 0.6) is 0 Å². The molecule has 1 heterocycles. The van der Waals surface area contributed by atoms with Crippen molar-refractivity contribution in [3.63, 3.8) is 0 Å². The highest BCUT2D eigenvalue weighted by molar-refractivity contribution is 5.43. The van der Waals surface area contributed by atoms with E-state index in [0.717, 1.165) is 31.2 Å². The lowest BCUT2D eigenvalue weighted by Crippen LogP contribution is -2.31. The summed E-state index contributed by atoms with van der Waals surface area (Å²) in [5.74, 6) is 2.01. The fourth-order valence-corrected chi connectivity index (χ4v) is 2.61. The lowest BCUT2D eigenvalue weighted by Gasteiger charge is -2.27. The van der Waals surface area contributed by atoms with E-state index in [1.807, 2.05) is 0 Å². The smallest absolute Gasteiger partial charge is 0.129 e. The van der Waals surface area contributed by atoms with Gasteiger partial charge in [0.25, 0.3) is 0 Å². The van der Waals surface area contributed by atoms with Crippen molar-refractivity contribution >= 4 is 5.82 Å². The zero-order valence-electron chi connectivity index (χ0n) is 13.4. The lowest BCUT2D eigenvalue weighted by atomic mass is 10.1. The van der Waals surface area contributed by atoms with Gasteiger partial charge in [0, 0.05) is 25.3 Å². The molecule has 2 rings (SSSR count). The minimum atomic E-state index is 0.603. The zero-order chi connectivity index (χ0) is 14.5. The Morgan fingerprint density at radius 1 is 1.35 bits per heavy atom. The summed E-state index contributed by atoms with van der Waals surface area (Å²) in [6.45, 7) is 8.73. The van der Waals surface area contributed by atoms with Crippen molar-refractivity contribution in [2.24, 2.45) is 5.92 Å². The van der Waals surface area contributed by atoms with Gasteiger partial charge < -0.3 is 10.2 Å². The Morgan fingerprint density at radius 2 is 2.10 bits per heavy atom. The Balaban J connectivity index is 2.11. The molecule has 1 fully saturated rings. The largest absolute Gasteiger partial charge is 0.357 e. The number of hydrogen-bond acceptors (Lipinski definition) is 3. The number of nitrogens with zero attached hydrogens (tertiary/aromatic N) is 2. The van der Waals surface area contributed by atoms with E-state index in [1.54, 1.807) is 0 Å². The van der Waals surface area contributed by atoms with Crippen molar-refractivity contribution in [2.75, 3.05) is 18.5 Å². The molecule has 0 spiro atoms. The van der Waals surface area contributed by atoms with E-state index in [-0.39, 0.29) is 0 Å². The molecule has 1 saturated carbocycles. The van der Waals surface area contributed by atoms with Gasteiger partial charge in [-0.05, 0) is 62.8 Å². The average molecular weight is 275 g/mol. The summed E-state index contributed by atoms with van der Waals surface area (Å²) in [6, 6.07) is 5.09. The molecule has 20 heavy (non-hydrogen) atoms. The molecule has 1 unspecified atom stereocenters. The van der Waals surface area contributed by atoms with Gasteiger partial charge >= 0.3 is 0 Å². The molecule has 1 aliphatic rings. The van der Waals surface area contributed by atoms with Crippen molar-refractivity contribution in [3.05, 3.63) is 23.4 Å². The minimum absolute atomic E-state index is 0.603. The highest BCUT2D eigenvalue weighted by Gasteiger charge is 2.31. The Kier molecular flexibility index (Phi) is 5.41. The van der Waals surface area contributed by atoms with Crippen LogP contribution in [0.4, 0.5) is 5.82 Å². The molecule has 0 amide bonds. The summed E-state index contributed by atoms with van der Waals surface area (Å²) >= 11 is 0. The summed E-state index contributed by atoms with van der Waals surface area (Å²) in [4.78, 5) is 7.17. The van der Waals surface area contributed by atoms with E-state index in [2.05, 4.69) is 50.2 Å². The molecular weight excluding hydrogens is 246 g/mol. The number of pyridine rings is 1. The lowest BCUT2D eigenvalue weighted by molar-refractivity contribution is 0.602. The van der Waals surface area contributed by atoms with Gasteiger partial charge in [-0.1, -0.05) is 13.8 Å². The van der Waals surface area contributed by atoms with Crippen LogP contribution in [0.15, 0.2) is 12.1 Å². The Bertz CT molecular complexity index is 426. The highest BCUT2D eigenvalue weighted by atomic mass is 15.2. The second-order valence-corrected chi connectivity index (χ2v) is 6.04. The van der Waals surface area contributed by atoms with Crippen LogP contribution in [0.25, 0.3) is 0 Å². The topological polar surface area (TPSA) is 28.2 Å². The molecular formula is C17H29N3. The van der Waals surface area contributed by atoms with Crippen LogP contribution in [0.2, 0.25) is 0 Å². The van der Waals surface area contributed by atoms with Gasteiger partial charge in [0.2, 0.25) is 0 Å². The molecule has 0 bridgehead atoms. The molecule has 0 aromatic carbocycles. The first-order valence-corrected chi connectivity index (χ1v) is 8.09. The summed E-state index contributed by atoms with van der Waals surface area (Å²) in [5.41, 5.74) is 2.56. The molecule has 3 heteroatoms. The van der Waals surface area contributed by atoms with Crippen molar-refractivity contribution in [3.8, 4) is 0 Å². The van der Waals surface area contributed by atoms with Gasteiger partial charge in [-0.15, -0.1) is 0 Å². The maximum atomic E-state index is 4.81. The summed E-state index contributed by atoms with van der Waals surface area (Å²) in [7, 11) is 2.19. The maximum absolute atomic E-state index is 4.81. The second kappa shape index (κ2) is 7.07. The van der Waals surface area contributed by atoms with Crippen molar-refractivity contribution in [2.45, 2.75) is 59.0 Å². The molecule has 3 nitrogen and oxygen atoms in total. The predicted octanol–water partition coefficient (Wildman–Crippen LogP) is 3.38. The summed E-state index contributed by atoms with van der Waals surface area (Å²) < 4.78 is 0. The second-order valence-electron chi connectivity index (χ2n) is 6.04. The SMILES string of the molecule is CCCNCc1cc(CC)nc(N(C)C(C)C2CC2)c1. The number of nitrogens with one attached hydrogen (secondary N) is 1. The van der Waals surface area contributed by atoms with Gasteiger partial charge in [0.05, 0.1) is 0 Å². The number of aryl methyl sites for hydroxylation is 1. The fourth-order valence-electron chi connectivity index (χ4n) is 2.61. The summed E-state index contributed by atoms with van der Waals surface area (Å²) in [5, 5.41) is 3.49. The molecule has 112 valence electrons. The Labute approximate surface area is 123 Å². The third kappa shape index (κ3) is 3.95. The van der Waals surface area contributed by atoms with Gasteiger partial charge in [-0.25, -0.2) is 4.98 Å². The van der Waals surface area contributed by atoms with Crippen LogP contribution in [0, 0.1) is 5.92 Å². The fraction of sp³-hybridized carbons (Fsp3) is 0.706. The maximum Gasteiger partial charge on any atom is 0.129 e. The predicted molar refractivity (Wildman–Crippen MR) is 86.2 cm³/mol. The van der Waals surface area contributed by atoms with Crippen LogP contribution in [-0.4, -0.2) is 24.6 Å².